The summed E-state index contributed by atoms with van der Waals surface area (Å²) in [5, 5.41) is 0. The van der Waals surface area contributed by atoms with E-state index in [2.05, 4.69) is 5.92 Å². The Morgan fingerprint density at radius 1 is 1.56 bits per heavy atom. The summed E-state index contributed by atoms with van der Waals surface area (Å²) in [6.45, 7) is 4.44. The molecule has 0 aromatic heterocycles. The van der Waals surface area contributed by atoms with Gasteiger partial charge in [0.2, 0.25) is 0 Å². The van der Waals surface area contributed by atoms with Crippen LogP contribution in [0, 0.1) is 18.2 Å². The van der Waals surface area contributed by atoms with Crippen LogP contribution in [0.1, 0.15) is 24.2 Å². The molecule has 0 spiro atoms. The standard InChI is InChI=1S/C13H14FNO/c1-4-8-15(5-2)13-7-6-11(14)9-12(13)10(3)16/h1,6-7,9H,5,8H2,2-3H3. The van der Waals surface area contributed by atoms with Crippen LogP contribution < -0.4 is 4.90 Å². The van der Waals surface area contributed by atoms with Gasteiger partial charge in [-0.3, -0.25) is 4.79 Å². The second-order valence-corrected chi connectivity index (χ2v) is 3.44. The molecule has 0 aliphatic carbocycles. The van der Waals surface area contributed by atoms with E-state index in [1.165, 1.54) is 19.1 Å². The summed E-state index contributed by atoms with van der Waals surface area (Å²) in [5.41, 5.74) is 1.06. The van der Waals surface area contributed by atoms with Crippen LogP contribution in [-0.4, -0.2) is 18.9 Å². The normalized spacial score (nSPS) is 9.62. The molecule has 0 amide bonds. The lowest BCUT2D eigenvalue weighted by atomic mass is 10.1. The average molecular weight is 219 g/mol. The molecule has 0 N–H and O–H groups in total. The first-order valence-corrected chi connectivity index (χ1v) is 5.09. The zero-order chi connectivity index (χ0) is 12.1. The maximum atomic E-state index is 13.0. The number of Topliss-reactive ketones (excluding diaryl/α,β-unsaturated/α-hetero) is 1. The number of rotatable bonds is 4. The number of hydrogen-bond donors (Lipinski definition) is 0. The second-order valence-electron chi connectivity index (χ2n) is 3.44. The van der Waals surface area contributed by atoms with Gasteiger partial charge in [-0.05, 0) is 32.0 Å². The van der Waals surface area contributed by atoms with Crippen LogP contribution in [0.4, 0.5) is 10.1 Å². The van der Waals surface area contributed by atoms with Crippen LogP contribution in [-0.2, 0) is 0 Å². The van der Waals surface area contributed by atoms with Crippen molar-refractivity contribution in [3.63, 3.8) is 0 Å². The predicted octanol–water partition coefficient (Wildman–Crippen LogP) is 2.49. The highest BCUT2D eigenvalue weighted by Crippen LogP contribution is 2.21. The number of carbonyl (C=O) groups excluding carboxylic acids is 1. The molecule has 0 fully saturated rings. The van der Waals surface area contributed by atoms with Gasteiger partial charge in [-0.1, -0.05) is 5.92 Å². The van der Waals surface area contributed by atoms with E-state index in [0.29, 0.717) is 24.3 Å². The van der Waals surface area contributed by atoms with E-state index in [0.717, 1.165) is 0 Å². The summed E-state index contributed by atoms with van der Waals surface area (Å²) in [5.74, 6) is 1.95. The Morgan fingerprint density at radius 3 is 2.75 bits per heavy atom. The molecular formula is C13H14FNO. The highest BCUT2D eigenvalue weighted by molar-refractivity contribution is 5.99. The van der Waals surface area contributed by atoms with Gasteiger partial charge in [-0.2, -0.15) is 0 Å². The largest absolute Gasteiger partial charge is 0.360 e. The summed E-state index contributed by atoms with van der Waals surface area (Å²) in [4.78, 5) is 13.3. The first kappa shape index (κ1) is 12.3. The summed E-state index contributed by atoms with van der Waals surface area (Å²) < 4.78 is 13.0. The van der Waals surface area contributed by atoms with Crippen LogP contribution in [0.2, 0.25) is 0 Å². The van der Waals surface area contributed by atoms with Crippen LogP contribution in [0.25, 0.3) is 0 Å². The van der Waals surface area contributed by atoms with Crippen molar-refractivity contribution in [1.82, 2.24) is 0 Å². The van der Waals surface area contributed by atoms with Gasteiger partial charge >= 0.3 is 0 Å². The molecule has 0 aliphatic heterocycles. The summed E-state index contributed by atoms with van der Waals surface area (Å²) in [7, 11) is 0. The maximum absolute atomic E-state index is 13.0. The van der Waals surface area contributed by atoms with E-state index in [1.54, 1.807) is 6.07 Å². The van der Waals surface area contributed by atoms with Crippen molar-refractivity contribution >= 4 is 11.5 Å². The van der Waals surface area contributed by atoms with Gasteiger partial charge in [-0.25, -0.2) is 4.39 Å². The van der Waals surface area contributed by atoms with Crippen molar-refractivity contribution in [2.24, 2.45) is 0 Å². The maximum Gasteiger partial charge on any atom is 0.161 e. The molecule has 0 unspecified atom stereocenters. The molecule has 3 heteroatoms. The van der Waals surface area contributed by atoms with E-state index < -0.39 is 5.82 Å². The molecule has 1 aromatic rings. The number of nitrogens with zero attached hydrogens (tertiary/aromatic N) is 1. The van der Waals surface area contributed by atoms with Gasteiger partial charge in [0.25, 0.3) is 0 Å². The lowest BCUT2D eigenvalue weighted by Crippen LogP contribution is -2.24. The van der Waals surface area contributed by atoms with Crippen molar-refractivity contribution in [3.05, 3.63) is 29.6 Å². The second kappa shape index (κ2) is 5.32. The number of carbonyl (C=O) groups is 1. The molecule has 0 saturated carbocycles. The fourth-order valence-electron chi connectivity index (χ4n) is 1.54. The molecule has 2 nitrogen and oxygen atoms in total. The third kappa shape index (κ3) is 2.60. The first-order chi connectivity index (χ1) is 7.60. The van der Waals surface area contributed by atoms with Crippen LogP contribution >= 0.6 is 0 Å². The SMILES string of the molecule is C#CCN(CC)c1ccc(F)cc1C(C)=O. The lowest BCUT2D eigenvalue weighted by Gasteiger charge is -2.22. The van der Waals surface area contributed by atoms with Crippen molar-refractivity contribution in [3.8, 4) is 12.3 Å². The van der Waals surface area contributed by atoms with Gasteiger partial charge in [0.1, 0.15) is 5.82 Å². The van der Waals surface area contributed by atoms with Gasteiger partial charge in [0, 0.05) is 17.8 Å². The predicted molar refractivity (Wildman–Crippen MR) is 63.1 cm³/mol. The lowest BCUT2D eigenvalue weighted by molar-refractivity contribution is 0.101. The van der Waals surface area contributed by atoms with Gasteiger partial charge < -0.3 is 4.90 Å². The first-order valence-electron chi connectivity index (χ1n) is 5.09. The number of anilines is 1. The Labute approximate surface area is 95.1 Å². The van der Waals surface area contributed by atoms with Gasteiger partial charge in [0.05, 0.1) is 6.54 Å². The van der Waals surface area contributed by atoms with Crippen LogP contribution in [0.15, 0.2) is 18.2 Å². The molecule has 1 rings (SSSR count). The number of hydrogen-bond acceptors (Lipinski definition) is 2. The molecule has 0 heterocycles. The fraction of sp³-hybridized carbons (Fsp3) is 0.308. The molecular weight excluding hydrogens is 205 g/mol. The van der Waals surface area contributed by atoms with Crippen molar-refractivity contribution < 1.29 is 9.18 Å². The minimum absolute atomic E-state index is 0.162. The highest BCUT2D eigenvalue weighted by atomic mass is 19.1. The molecule has 0 radical (unpaired) electrons. The average Bonchev–Trinajstić information content (AvgIpc) is 2.26. The smallest absolute Gasteiger partial charge is 0.161 e. The summed E-state index contributed by atoms with van der Waals surface area (Å²) >= 11 is 0. The highest BCUT2D eigenvalue weighted by Gasteiger charge is 2.13. The van der Waals surface area contributed by atoms with Crippen molar-refractivity contribution in [2.75, 3.05) is 18.0 Å². The molecule has 0 saturated heterocycles. The molecule has 84 valence electrons. The molecule has 0 atom stereocenters. The Hall–Kier alpha value is -1.82. The molecule has 16 heavy (non-hydrogen) atoms. The molecule has 1 aromatic carbocycles. The van der Waals surface area contributed by atoms with Crippen molar-refractivity contribution in [2.45, 2.75) is 13.8 Å². The Morgan fingerprint density at radius 2 is 2.25 bits per heavy atom. The Kier molecular flexibility index (Phi) is 4.07. The van der Waals surface area contributed by atoms with Crippen molar-refractivity contribution in [1.29, 1.82) is 0 Å². The molecule has 0 aliphatic rings. The number of benzene rings is 1. The summed E-state index contributed by atoms with van der Waals surface area (Å²) in [6.07, 6.45) is 5.25. The fourth-order valence-corrected chi connectivity index (χ4v) is 1.54. The number of ketones is 1. The van der Waals surface area contributed by atoms with Crippen LogP contribution in [0.5, 0.6) is 0 Å². The van der Waals surface area contributed by atoms with E-state index in [9.17, 15) is 9.18 Å². The summed E-state index contributed by atoms with van der Waals surface area (Å²) in [6, 6.07) is 4.17. The zero-order valence-electron chi connectivity index (χ0n) is 9.46. The van der Waals surface area contributed by atoms with E-state index in [1.807, 2.05) is 11.8 Å². The minimum Gasteiger partial charge on any atom is -0.360 e. The van der Waals surface area contributed by atoms with E-state index >= 15 is 0 Å². The Balaban J connectivity index is 3.21. The van der Waals surface area contributed by atoms with Gasteiger partial charge in [0.15, 0.2) is 5.78 Å². The minimum atomic E-state index is -0.411. The number of terminal acetylenes is 1. The third-order valence-corrected chi connectivity index (χ3v) is 2.34. The third-order valence-electron chi connectivity index (χ3n) is 2.34. The van der Waals surface area contributed by atoms with E-state index in [4.69, 9.17) is 6.42 Å². The number of halogens is 1. The monoisotopic (exact) mass is 219 g/mol. The zero-order valence-corrected chi connectivity index (χ0v) is 9.46. The van der Waals surface area contributed by atoms with E-state index in [-0.39, 0.29) is 5.78 Å². The van der Waals surface area contributed by atoms with Crippen LogP contribution in [0.3, 0.4) is 0 Å². The topological polar surface area (TPSA) is 20.3 Å². The Bertz CT molecular complexity index is 434. The molecule has 0 bridgehead atoms. The quantitative estimate of drug-likeness (QED) is 0.572. The van der Waals surface area contributed by atoms with Gasteiger partial charge in [-0.15, -0.1) is 6.42 Å².